The van der Waals surface area contributed by atoms with Gasteiger partial charge in [0.05, 0.1) is 13.2 Å². The molecule has 1 heterocycles. The number of nitrogens with zero attached hydrogens (tertiary/aromatic N) is 1. The maximum Gasteiger partial charge on any atom is 0.0602 e. The van der Waals surface area contributed by atoms with Crippen molar-refractivity contribution >= 4 is 11.6 Å². The normalized spacial score (nSPS) is 29.4. The molecule has 0 aromatic carbocycles. The summed E-state index contributed by atoms with van der Waals surface area (Å²) in [5.41, 5.74) is 0. The maximum atomic E-state index is 5.53. The molecule has 1 fully saturated rings. The van der Waals surface area contributed by atoms with E-state index in [9.17, 15) is 0 Å². The third kappa shape index (κ3) is 4.16. The first-order valence-corrected chi connectivity index (χ1v) is 6.13. The van der Waals surface area contributed by atoms with Gasteiger partial charge in [0.15, 0.2) is 0 Å². The van der Waals surface area contributed by atoms with Crippen molar-refractivity contribution in [3.8, 4) is 0 Å². The SMILES string of the molecule is CC1CCN(CCOCCCl)CC1C. The fourth-order valence-corrected chi connectivity index (χ4v) is 2.01. The van der Waals surface area contributed by atoms with Gasteiger partial charge in [0, 0.05) is 19.0 Å². The van der Waals surface area contributed by atoms with E-state index in [0.717, 1.165) is 25.0 Å². The van der Waals surface area contributed by atoms with Crippen LogP contribution in [0, 0.1) is 11.8 Å². The molecule has 1 saturated heterocycles. The Kier molecular flexibility index (Phi) is 5.83. The summed E-state index contributed by atoms with van der Waals surface area (Å²) in [6.07, 6.45) is 1.33. The molecule has 2 unspecified atom stereocenters. The van der Waals surface area contributed by atoms with Crippen LogP contribution >= 0.6 is 11.6 Å². The van der Waals surface area contributed by atoms with Crippen molar-refractivity contribution in [1.29, 1.82) is 0 Å². The van der Waals surface area contributed by atoms with E-state index in [4.69, 9.17) is 16.3 Å². The van der Waals surface area contributed by atoms with Crippen LogP contribution in [0.4, 0.5) is 0 Å². The van der Waals surface area contributed by atoms with Crippen LogP contribution < -0.4 is 0 Å². The lowest BCUT2D eigenvalue weighted by Crippen LogP contribution is -2.40. The van der Waals surface area contributed by atoms with Crippen LogP contribution in [-0.2, 0) is 4.74 Å². The first kappa shape index (κ1) is 12.3. The topological polar surface area (TPSA) is 12.5 Å². The minimum absolute atomic E-state index is 0.605. The fourth-order valence-electron chi connectivity index (χ4n) is 1.90. The molecular weight excluding hydrogens is 198 g/mol. The first-order valence-electron chi connectivity index (χ1n) is 5.60. The zero-order valence-electron chi connectivity index (χ0n) is 9.34. The number of hydrogen-bond donors (Lipinski definition) is 0. The van der Waals surface area contributed by atoms with Crippen molar-refractivity contribution in [2.24, 2.45) is 11.8 Å². The van der Waals surface area contributed by atoms with E-state index in [1.165, 1.54) is 19.5 Å². The Morgan fingerprint density at radius 1 is 1.29 bits per heavy atom. The molecule has 0 amide bonds. The van der Waals surface area contributed by atoms with Crippen LogP contribution in [0.1, 0.15) is 20.3 Å². The Morgan fingerprint density at radius 2 is 2.07 bits per heavy atom. The van der Waals surface area contributed by atoms with Gasteiger partial charge in [0.25, 0.3) is 0 Å². The number of likely N-dealkylation sites (tertiary alicyclic amines) is 1. The molecule has 1 aliphatic rings. The molecule has 14 heavy (non-hydrogen) atoms. The van der Waals surface area contributed by atoms with Crippen molar-refractivity contribution in [1.82, 2.24) is 4.90 Å². The predicted octanol–water partition coefficient (Wildman–Crippen LogP) is 2.22. The molecule has 2 nitrogen and oxygen atoms in total. The highest BCUT2D eigenvalue weighted by Crippen LogP contribution is 2.21. The smallest absolute Gasteiger partial charge is 0.0602 e. The van der Waals surface area contributed by atoms with E-state index in [-0.39, 0.29) is 0 Å². The van der Waals surface area contributed by atoms with Crippen LogP contribution in [-0.4, -0.2) is 43.6 Å². The minimum Gasteiger partial charge on any atom is -0.379 e. The summed E-state index contributed by atoms with van der Waals surface area (Å²) >= 11 is 5.53. The zero-order chi connectivity index (χ0) is 10.4. The number of ether oxygens (including phenoxy) is 1. The number of piperidine rings is 1. The van der Waals surface area contributed by atoms with E-state index in [2.05, 4.69) is 18.7 Å². The second-order valence-corrected chi connectivity index (χ2v) is 4.72. The largest absolute Gasteiger partial charge is 0.379 e. The third-order valence-electron chi connectivity index (χ3n) is 3.19. The monoisotopic (exact) mass is 219 g/mol. The van der Waals surface area contributed by atoms with Gasteiger partial charge in [-0.1, -0.05) is 13.8 Å². The molecule has 0 aliphatic carbocycles. The Hall–Kier alpha value is 0.210. The van der Waals surface area contributed by atoms with Crippen LogP contribution in [0.15, 0.2) is 0 Å². The standard InChI is InChI=1S/C11H22ClNO/c1-10-3-5-13(9-11(10)2)6-8-14-7-4-12/h10-11H,3-9H2,1-2H3. The predicted molar refractivity (Wildman–Crippen MR) is 60.9 cm³/mol. The van der Waals surface area contributed by atoms with Gasteiger partial charge in [-0.15, -0.1) is 11.6 Å². The van der Waals surface area contributed by atoms with E-state index in [1.807, 2.05) is 0 Å². The molecule has 84 valence electrons. The van der Waals surface area contributed by atoms with Crippen molar-refractivity contribution in [3.05, 3.63) is 0 Å². The van der Waals surface area contributed by atoms with Gasteiger partial charge >= 0.3 is 0 Å². The van der Waals surface area contributed by atoms with Gasteiger partial charge in [-0.3, -0.25) is 0 Å². The average Bonchev–Trinajstić information content (AvgIpc) is 2.18. The Morgan fingerprint density at radius 3 is 2.71 bits per heavy atom. The van der Waals surface area contributed by atoms with Gasteiger partial charge < -0.3 is 9.64 Å². The molecule has 0 saturated carbocycles. The summed E-state index contributed by atoms with van der Waals surface area (Å²) in [6, 6.07) is 0. The Balaban J connectivity index is 2.07. The van der Waals surface area contributed by atoms with Crippen molar-refractivity contribution in [3.63, 3.8) is 0 Å². The van der Waals surface area contributed by atoms with E-state index >= 15 is 0 Å². The summed E-state index contributed by atoms with van der Waals surface area (Å²) in [6.45, 7) is 9.73. The molecule has 0 spiro atoms. The molecule has 0 radical (unpaired) electrons. The molecule has 1 aliphatic heterocycles. The van der Waals surface area contributed by atoms with Crippen LogP contribution in [0.3, 0.4) is 0 Å². The van der Waals surface area contributed by atoms with Crippen LogP contribution in [0.5, 0.6) is 0 Å². The molecule has 0 aromatic heterocycles. The molecule has 1 rings (SSSR count). The second kappa shape index (κ2) is 6.65. The lowest BCUT2D eigenvalue weighted by Gasteiger charge is -2.35. The van der Waals surface area contributed by atoms with Crippen LogP contribution in [0.2, 0.25) is 0 Å². The van der Waals surface area contributed by atoms with Crippen LogP contribution in [0.25, 0.3) is 0 Å². The minimum atomic E-state index is 0.605. The lowest BCUT2D eigenvalue weighted by atomic mass is 9.89. The van der Waals surface area contributed by atoms with E-state index in [0.29, 0.717) is 12.5 Å². The van der Waals surface area contributed by atoms with Gasteiger partial charge in [0.2, 0.25) is 0 Å². The van der Waals surface area contributed by atoms with Gasteiger partial charge in [0.1, 0.15) is 0 Å². The van der Waals surface area contributed by atoms with Crippen molar-refractivity contribution < 1.29 is 4.74 Å². The van der Waals surface area contributed by atoms with Crippen molar-refractivity contribution in [2.45, 2.75) is 20.3 Å². The number of rotatable bonds is 5. The molecule has 2 atom stereocenters. The average molecular weight is 220 g/mol. The number of hydrogen-bond acceptors (Lipinski definition) is 2. The quantitative estimate of drug-likeness (QED) is 0.520. The Bertz CT molecular complexity index is 154. The highest BCUT2D eigenvalue weighted by molar-refractivity contribution is 6.17. The molecule has 0 aromatic rings. The van der Waals surface area contributed by atoms with Gasteiger partial charge in [-0.2, -0.15) is 0 Å². The maximum absolute atomic E-state index is 5.53. The summed E-state index contributed by atoms with van der Waals surface area (Å²) in [7, 11) is 0. The molecular formula is C11H22ClNO. The summed E-state index contributed by atoms with van der Waals surface area (Å²) in [4.78, 5) is 2.50. The molecule has 0 N–H and O–H groups in total. The summed E-state index contributed by atoms with van der Waals surface area (Å²) in [5, 5.41) is 0. The lowest BCUT2D eigenvalue weighted by molar-refractivity contribution is 0.0803. The van der Waals surface area contributed by atoms with Gasteiger partial charge in [-0.25, -0.2) is 0 Å². The highest BCUT2D eigenvalue weighted by Gasteiger charge is 2.21. The molecule has 3 heteroatoms. The number of halogens is 1. The second-order valence-electron chi connectivity index (χ2n) is 4.35. The van der Waals surface area contributed by atoms with Crippen molar-refractivity contribution in [2.75, 3.05) is 38.7 Å². The summed E-state index contributed by atoms with van der Waals surface area (Å²) in [5.74, 6) is 2.32. The van der Waals surface area contributed by atoms with Gasteiger partial charge in [-0.05, 0) is 24.8 Å². The zero-order valence-corrected chi connectivity index (χ0v) is 10.1. The summed E-state index contributed by atoms with van der Waals surface area (Å²) < 4.78 is 5.37. The number of alkyl halides is 1. The fraction of sp³-hybridized carbons (Fsp3) is 1.00. The Labute approximate surface area is 92.6 Å². The van der Waals surface area contributed by atoms with E-state index in [1.54, 1.807) is 0 Å². The highest BCUT2D eigenvalue weighted by atomic mass is 35.5. The first-order chi connectivity index (χ1) is 6.74. The van der Waals surface area contributed by atoms with E-state index < -0.39 is 0 Å². The third-order valence-corrected chi connectivity index (χ3v) is 3.35. The molecule has 0 bridgehead atoms.